The summed E-state index contributed by atoms with van der Waals surface area (Å²) in [5.41, 5.74) is -0.977. The number of carbonyl (C=O) groups is 2. The highest BCUT2D eigenvalue weighted by Gasteiger charge is 2.95. The van der Waals surface area contributed by atoms with Crippen LogP contribution in [0.2, 0.25) is 0 Å². The summed E-state index contributed by atoms with van der Waals surface area (Å²) in [5, 5.41) is 25.0. The molecule has 2 spiro atoms. The number of piperidine rings is 2. The second-order valence-electron chi connectivity index (χ2n) is 13.2. The van der Waals surface area contributed by atoms with Crippen molar-refractivity contribution in [3.05, 3.63) is 48.0 Å². The number of ether oxygens (including phenoxy) is 2. The number of rotatable bonds is 3. The van der Waals surface area contributed by atoms with Crippen LogP contribution in [0.5, 0.6) is 0 Å². The fraction of sp³-hybridized carbons (Fsp3) is 0.655. The zero-order chi connectivity index (χ0) is 25.0. The first kappa shape index (κ1) is 21.8. The molecule has 190 valence electrons. The van der Waals surface area contributed by atoms with Crippen LogP contribution >= 0.6 is 0 Å². The maximum atomic E-state index is 13.3. The third-order valence-corrected chi connectivity index (χ3v) is 11.8. The van der Waals surface area contributed by atoms with Crippen LogP contribution in [0.1, 0.15) is 49.9 Å². The Morgan fingerprint density at radius 2 is 1.86 bits per heavy atom. The molecular formula is C29H33NO6. The Bertz CT molecular complexity index is 1230. The minimum absolute atomic E-state index is 0.0405. The van der Waals surface area contributed by atoms with E-state index in [1.54, 1.807) is 24.3 Å². The van der Waals surface area contributed by atoms with Crippen LogP contribution < -0.4 is 0 Å². The number of aliphatic hydroxyl groups is 2. The first-order valence-electron chi connectivity index (χ1n) is 13.4. The Morgan fingerprint density at radius 3 is 2.58 bits per heavy atom. The van der Waals surface area contributed by atoms with Gasteiger partial charge in [0.2, 0.25) is 0 Å². The van der Waals surface area contributed by atoms with E-state index in [1.807, 2.05) is 6.07 Å². The van der Waals surface area contributed by atoms with Gasteiger partial charge in [0, 0.05) is 48.2 Å². The number of hydrogen-bond donors (Lipinski definition) is 2. The van der Waals surface area contributed by atoms with Crippen molar-refractivity contribution in [2.75, 3.05) is 6.54 Å². The number of hydrogen-bond acceptors (Lipinski definition) is 7. The maximum absolute atomic E-state index is 13.3. The fourth-order valence-electron chi connectivity index (χ4n) is 11.8. The summed E-state index contributed by atoms with van der Waals surface area (Å²) in [4.78, 5) is 27.8. The molecule has 3 heterocycles. The summed E-state index contributed by atoms with van der Waals surface area (Å²) in [5.74, 6) is -1.08. The van der Waals surface area contributed by atoms with Crippen LogP contribution in [0.3, 0.4) is 0 Å². The van der Waals surface area contributed by atoms with E-state index in [9.17, 15) is 19.8 Å². The van der Waals surface area contributed by atoms with Gasteiger partial charge in [0.25, 0.3) is 0 Å². The highest BCUT2D eigenvalue weighted by molar-refractivity contribution is 5.89. The van der Waals surface area contributed by atoms with Crippen molar-refractivity contribution in [1.82, 2.24) is 4.90 Å². The molecule has 1 aromatic carbocycles. The molecule has 13 atom stereocenters. The summed E-state index contributed by atoms with van der Waals surface area (Å²) in [6.45, 7) is 8.94. The average Bonchev–Trinajstić information content (AvgIpc) is 3.22. The van der Waals surface area contributed by atoms with Crippen LogP contribution in [0.15, 0.2) is 42.5 Å². The molecule has 2 N–H and O–H groups in total. The van der Waals surface area contributed by atoms with Gasteiger partial charge in [-0.3, -0.25) is 9.69 Å². The Kier molecular flexibility index (Phi) is 3.79. The standard InChI is InChI=1S/C29H33NO6/c1-14-9-27-12-18-21-26(3)10-17(35-15(2)31)11-28(21)22(27)20(32)19(14)23(29(27,34)25(28)30(18)13-26)36-24(33)16-7-5-4-6-8-16/h4-8,17-23,25,32,34H,1,9-13H2,2-3H3/t17-,18?,19+,20+,21+,22+,23?,25-,26-,27+,28-,29-/m0/s1. The van der Waals surface area contributed by atoms with E-state index in [-0.39, 0.29) is 34.9 Å². The van der Waals surface area contributed by atoms with E-state index in [4.69, 9.17) is 9.47 Å². The lowest BCUT2D eigenvalue weighted by Crippen LogP contribution is -2.77. The molecule has 1 aromatic rings. The zero-order valence-corrected chi connectivity index (χ0v) is 20.7. The Hall–Kier alpha value is -2.22. The molecule has 9 fully saturated rings. The van der Waals surface area contributed by atoms with Crippen LogP contribution in [-0.4, -0.2) is 69.6 Å². The van der Waals surface area contributed by atoms with Crippen LogP contribution in [0.4, 0.5) is 0 Å². The third kappa shape index (κ3) is 2.03. The summed E-state index contributed by atoms with van der Waals surface area (Å²) >= 11 is 0. The van der Waals surface area contributed by atoms with Gasteiger partial charge >= 0.3 is 11.9 Å². The van der Waals surface area contributed by atoms with E-state index < -0.39 is 35.1 Å². The van der Waals surface area contributed by atoms with Gasteiger partial charge in [-0.2, -0.15) is 0 Å². The Labute approximate surface area is 210 Å². The Balaban J connectivity index is 1.30. The normalized spacial score (nSPS) is 56.2. The quantitative estimate of drug-likeness (QED) is 0.495. The predicted octanol–water partition coefficient (Wildman–Crippen LogP) is 2.31. The van der Waals surface area contributed by atoms with Gasteiger partial charge in [0.15, 0.2) is 0 Å². The molecule has 9 bridgehead atoms. The van der Waals surface area contributed by atoms with Gasteiger partial charge < -0.3 is 19.7 Å². The van der Waals surface area contributed by atoms with Crippen molar-refractivity contribution >= 4 is 11.9 Å². The van der Waals surface area contributed by atoms with Crippen molar-refractivity contribution < 1.29 is 29.3 Å². The average molecular weight is 492 g/mol. The molecule has 3 saturated heterocycles. The van der Waals surface area contributed by atoms with Crippen LogP contribution in [0, 0.1) is 34.0 Å². The van der Waals surface area contributed by atoms with Gasteiger partial charge in [-0.05, 0) is 49.1 Å². The molecule has 3 aliphatic heterocycles. The molecule has 0 radical (unpaired) electrons. The molecule has 3 unspecified atom stereocenters. The summed E-state index contributed by atoms with van der Waals surface area (Å²) < 4.78 is 12.1. The monoisotopic (exact) mass is 491 g/mol. The predicted molar refractivity (Wildman–Crippen MR) is 127 cm³/mol. The summed E-state index contributed by atoms with van der Waals surface area (Å²) in [7, 11) is 0. The van der Waals surface area contributed by atoms with Crippen LogP contribution in [0.25, 0.3) is 0 Å². The number of nitrogens with zero attached hydrogens (tertiary/aromatic N) is 1. The largest absolute Gasteiger partial charge is 0.463 e. The third-order valence-electron chi connectivity index (χ3n) is 11.8. The van der Waals surface area contributed by atoms with Crippen molar-refractivity contribution in [1.29, 1.82) is 0 Å². The topological polar surface area (TPSA) is 96.3 Å². The van der Waals surface area contributed by atoms with Crippen molar-refractivity contribution in [2.24, 2.45) is 34.0 Å². The van der Waals surface area contributed by atoms with Gasteiger partial charge in [-0.1, -0.05) is 37.3 Å². The van der Waals surface area contributed by atoms with Crippen molar-refractivity contribution in [3.63, 3.8) is 0 Å². The van der Waals surface area contributed by atoms with E-state index in [1.165, 1.54) is 6.92 Å². The lowest BCUT2D eigenvalue weighted by molar-refractivity contribution is -0.279. The first-order valence-corrected chi connectivity index (χ1v) is 13.4. The second-order valence-corrected chi connectivity index (χ2v) is 13.2. The maximum Gasteiger partial charge on any atom is 0.338 e. The second kappa shape index (κ2) is 6.25. The van der Waals surface area contributed by atoms with Crippen molar-refractivity contribution in [2.45, 2.75) is 75.5 Å². The van der Waals surface area contributed by atoms with Crippen LogP contribution in [-0.2, 0) is 14.3 Å². The number of benzene rings is 1. The van der Waals surface area contributed by atoms with E-state index in [2.05, 4.69) is 18.4 Å². The first-order chi connectivity index (χ1) is 17.1. The highest BCUT2D eigenvalue weighted by Crippen LogP contribution is 2.88. The lowest BCUT2D eigenvalue weighted by Gasteiger charge is -2.68. The molecule has 0 amide bonds. The SMILES string of the molecule is C=C1C[C@@]23CC4[C@@H]5[C@@]6(C)C[C@H](OC(C)=O)C[C@@]57[C@@H]2[C@H](O)[C@@H]1C(OC(=O)c1ccccc1)[C@]3(O)[C@H]7N4C6. The van der Waals surface area contributed by atoms with E-state index >= 15 is 0 Å². The fourth-order valence-corrected chi connectivity index (χ4v) is 11.8. The van der Waals surface area contributed by atoms with Gasteiger partial charge in [0.1, 0.15) is 17.8 Å². The molecule has 7 nitrogen and oxygen atoms in total. The number of carbonyl (C=O) groups excluding carboxylic acids is 2. The Morgan fingerprint density at radius 1 is 1.11 bits per heavy atom. The molecular weight excluding hydrogens is 458 g/mol. The zero-order valence-electron chi connectivity index (χ0n) is 20.7. The van der Waals surface area contributed by atoms with Gasteiger partial charge in [-0.15, -0.1) is 0 Å². The van der Waals surface area contributed by atoms with Gasteiger partial charge in [-0.25, -0.2) is 4.79 Å². The molecule has 6 saturated carbocycles. The molecule has 10 rings (SSSR count). The summed E-state index contributed by atoms with van der Waals surface area (Å²) in [6.07, 6.45) is 1.05. The minimum atomic E-state index is -1.28. The molecule has 6 aliphatic carbocycles. The lowest BCUT2D eigenvalue weighted by atomic mass is 9.39. The smallest absolute Gasteiger partial charge is 0.338 e. The molecule has 9 aliphatic rings. The number of fused-ring (bicyclic) bond motifs is 1. The highest BCUT2D eigenvalue weighted by atomic mass is 16.6. The van der Waals surface area contributed by atoms with E-state index in [0.29, 0.717) is 30.4 Å². The van der Waals surface area contributed by atoms with Crippen molar-refractivity contribution in [3.8, 4) is 0 Å². The molecule has 7 heteroatoms. The number of esters is 2. The minimum Gasteiger partial charge on any atom is -0.463 e. The summed E-state index contributed by atoms with van der Waals surface area (Å²) in [6, 6.07) is 8.96. The van der Waals surface area contributed by atoms with E-state index in [0.717, 1.165) is 25.0 Å². The van der Waals surface area contributed by atoms with Gasteiger partial charge in [0.05, 0.1) is 11.7 Å². The molecule has 0 aromatic heterocycles. The molecule has 36 heavy (non-hydrogen) atoms. The number of aliphatic hydroxyl groups excluding tert-OH is 1.